The normalized spacial score (nSPS) is 13.6. The van der Waals surface area contributed by atoms with Gasteiger partial charge in [0.2, 0.25) is 0 Å². The smallest absolute Gasteiger partial charge is 0.273 e. The molecule has 0 aliphatic carbocycles. The highest BCUT2D eigenvalue weighted by molar-refractivity contribution is 6.09. The minimum atomic E-state index is -0.374. The van der Waals surface area contributed by atoms with Gasteiger partial charge in [0.15, 0.2) is 0 Å². The van der Waals surface area contributed by atoms with E-state index < -0.39 is 0 Å². The Hall–Kier alpha value is -4.01. The van der Waals surface area contributed by atoms with Gasteiger partial charge in [0.25, 0.3) is 11.8 Å². The summed E-state index contributed by atoms with van der Waals surface area (Å²) in [5.74, 6) is -0.628. The minimum absolute atomic E-state index is 0.254. The summed E-state index contributed by atoms with van der Waals surface area (Å²) in [6.45, 7) is 13.1. The average Bonchev–Trinajstić information content (AvgIpc) is 3.03. The molecule has 0 saturated carbocycles. The number of aryl methyl sites for hydroxylation is 1. The molecule has 1 fully saturated rings. The Balaban J connectivity index is 1.49. The second-order valence-electron chi connectivity index (χ2n) is 11.3. The van der Waals surface area contributed by atoms with E-state index in [2.05, 4.69) is 51.4 Å². The molecule has 3 aromatic carbocycles. The molecular weight excluding hydrogens is 536 g/mol. The summed E-state index contributed by atoms with van der Waals surface area (Å²) in [4.78, 5) is 33.8. The topological polar surface area (TPSA) is 80.3 Å². The Morgan fingerprint density at radius 1 is 0.907 bits per heavy atom. The Morgan fingerprint density at radius 2 is 1.65 bits per heavy atom. The zero-order chi connectivity index (χ0) is 30.6. The van der Waals surface area contributed by atoms with E-state index in [0.29, 0.717) is 16.8 Å². The molecule has 0 radical (unpaired) electrons. The molecular formula is C35H46N6O2. The van der Waals surface area contributed by atoms with Crippen molar-refractivity contribution in [2.24, 2.45) is 5.10 Å². The molecule has 2 amide bonds. The van der Waals surface area contributed by atoms with Crippen LogP contribution in [0.15, 0.2) is 71.8 Å². The fraction of sp³-hybridized carbons (Fsp3) is 0.400. The molecule has 228 valence electrons. The third kappa shape index (κ3) is 9.49. The molecule has 8 heteroatoms. The first-order valence-corrected chi connectivity index (χ1v) is 15.5. The van der Waals surface area contributed by atoms with Crippen molar-refractivity contribution < 1.29 is 9.59 Å². The van der Waals surface area contributed by atoms with Crippen LogP contribution in [0.5, 0.6) is 0 Å². The van der Waals surface area contributed by atoms with Crippen molar-refractivity contribution in [3.8, 4) is 0 Å². The Morgan fingerprint density at radius 3 is 2.37 bits per heavy atom. The average molecular weight is 583 g/mol. The number of anilines is 2. The van der Waals surface area contributed by atoms with E-state index in [9.17, 15) is 9.59 Å². The monoisotopic (exact) mass is 582 g/mol. The summed E-state index contributed by atoms with van der Waals surface area (Å²) in [5, 5.41) is 7.18. The molecule has 0 atom stereocenters. The molecule has 1 heterocycles. The van der Waals surface area contributed by atoms with Gasteiger partial charge in [0.05, 0.1) is 17.5 Å². The number of carbonyl (C=O) groups excluding carboxylic acids is 2. The number of likely N-dealkylation sites (N-methyl/N-ethyl adjacent to an activating group) is 2. The Kier molecular flexibility index (Phi) is 11.9. The number of nitrogens with one attached hydrogen (secondary N) is 2. The van der Waals surface area contributed by atoms with Crippen molar-refractivity contribution >= 4 is 29.4 Å². The fourth-order valence-corrected chi connectivity index (χ4v) is 5.30. The van der Waals surface area contributed by atoms with Crippen LogP contribution in [0.25, 0.3) is 0 Å². The van der Waals surface area contributed by atoms with Crippen molar-refractivity contribution in [1.82, 2.24) is 15.2 Å². The number of nitrogens with zero attached hydrogens (tertiary/aromatic N) is 4. The van der Waals surface area contributed by atoms with Crippen LogP contribution in [-0.4, -0.2) is 74.1 Å². The highest BCUT2D eigenvalue weighted by atomic mass is 16.2. The number of carbonyl (C=O) groups is 2. The van der Waals surface area contributed by atoms with Crippen molar-refractivity contribution in [2.75, 3.05) is 56.5 Å². The number of amides is 2. The van der Waals surface area contributed by atoms with E-state index in [1.807, 2.05) is 73.7 Å². The van der Waals surface area contributed by atoms with E-state index in [1.54, 1.807) is 6.21 Å². The SMILES string of the molecule is CCN(CC)CCN(C)Cc1cccc(C(=O)Nc2ccc(N3CCCCC3)cc2C(=O)NN=Cc2ccc(C)cc2)c1. The lowest BCUT2D eigenvalue weighted by Gasteiger charge is -2.29. The van der Waals surface area contributed by atoms with Crippen LogP contribution in [0.2, 0.25) is 0 Å². The van der Waals surface area contributed by atoms with Gasteiger partial charge in [-0.2, -0.15) is 5.10 Å². The molecule has 0 unspecified atom stereocenters. The maximum Gasteiger partial charge on any atom is 0.273 e. The van der Waals surface area contributed by atoms with Crippen molar-refractivity contribution in [1.29, 1.82) is 0 Å². The van der Waals surface area contributed by atoms with Gasteiger partial charge in [-0.05, 0) is 87.8 Å². The third-order valence-corrected chi connectivity index (χ3v) is 8.01. The van der Waals surface area contributed by atoms with E-state index in [1.165, 1.54) is 6.42 Å². The van der Waals surface area contributed by atoms with Crippen LogP contribution in [0.1, 0.15) is 70.5 Å². The maximum atomic E-state index is 13.4. The molecule has 0 bridgehead atoms. The Bertz CT molecular complexity index is 1380. The largest absolute Gasteiger partial charge is 0.372 e. The van der Waals surface area contributed by atoms with Gasteiger partial charge in [-0.3, -0.25) is 9.59 Å². The first kappa shape index (κ1) is 31.9. The summed E-state index contributed by atoms with van der Waals surface area (Å²) in [5.41, 5.74) is 8.13. The summed E-state index contributed by atoms with van der Waals surface area (Å²) in [7, 11) is 2.10. The molecule has 1 aliphatic heterocycles. The van der Waals surface area contributed by atoms with E-state index in [0.717, 1.165) is 81.0 Å². The predicted molar refractivity (Wildman–Crippen MR) is 177 cm³/mol. The number of hydrazone groups is 1. The molecule has 2 N–H and O–H groups in total. The van der Waals surface area contributed by atoms with Crippen LogP contribution in [0.3, 0.4) is 0 Å². The highest BCUT2D eigenvalue weighted by Gasteiger charge is 2.19. The number of hydrogen-bond acceptors (Lipinski definition) is 6. The van der Waals surface area contributed by atoms with Crippen LogP contribution < -0.4 is 15.6 Å². The van der Waals surface area contributed by atoms with Crippen LogP contribution >= 0.6 is 0 Å². The van der Waals surface area contributed by atoms with Gasteiger partial charge in [-0.25, -0.2) is 5.43 Å². The second-order valence-corrected chi connectivity index (χ2v) is 11.3. The molecule has 3 aromatic rings. The van der Waals surface area contributed by atoms with Crippen LogP contribution in [-0.2, 0) is 6.54 Å². The van der Waals surface area contributed by atoms with E-state index in [4.69, 9.17) is 0 Å². The number of rotatable bonds is 13. The van der Waals surface area contributed by atoms with Gasteiger partial charge in [-0.1, -0.05) is 55.8 Å². The number of hydrogen-bond donors (Lipinski definition) is 2. The van der Waals surface area contributed by atoms with Crippen molar-refractivity contribution in [3.05, 3.63) is 94.5 Å². The zero-order valence-electron chi connectivity index (χ0n) is 26.1. The molecule has 0 spiro atoms. The summed E-state index contributed by atoms with van der Waals surface area (Å²) >= 11 is 0. The van der Waals surface area contributed by atoms with Gasteiger partial charge >= 0.3 is 0 Å². The molecule has 1 saturated heterocycles. The predicted octanol–water partition coefficient (Wildman–Crippen LogP) is 5.78. The lowest BCUT2D eigenvalue weighted by Crippen LogP contribution is -2.32. The summed E-state index contributed by atoms with van der Waals surface area (Å²) in [6.07, 6.45) is 5.09. The van der Waals surface area contributed by atoms with Crippen LogP contribution in [0.4, 0.5) is 11.4 Å². The Labute approximate surface area is 256 Å². The van der Waals surface area contributed by atoms with E-state index >= 15 is 0 Å². The molecule has 1 aliphatic rings. The van der Waals surface area contributed by atoms with E-state index in [-0.39, 0.29) is 11.8 Å². The zero-order valence-corrected chi connectivity index (χ0v) is 26.1. The first-order chi connectivity index (χ1) is 20.9. The van der Waals surface area contributed by atoms with Gasteiger partial charge in [0.1, 0.15) is 0 Å². The number of piperidine rings is 1. The highest BCUT2D eigenvalue weighted by Crippen LogP contribution is 2.26. The number of benzene rings is 3. The second kappa shape index (κ2) is 16.0. The molecule has 8 nitrogen and oxygen atoms in total. The van der Waals surface area contributed by atoms with Gasteiger partial charge in [-0.15, -0.1) is 0 Å². The summed E-state index contributed by atoms with van der Waals surface area (Å²) < 4.78 is 0. The maximum absolute atomic E-state index is 13.4. The molecule has 0 aromatic heterocycles. The third-order valence-electron chi connectivity index (χ3n) is 8.01. The fourth-order valence-electron chi connectivity index (χ4n) is 5.30. The van der Waals surface area contributed by atoms with Crippen molar-refractivity contribution in [3.63, 3.8) is 0 Å². The van der Waals surface area contributed by atoms with Gasteiger partial charge < -0.3 is 20.0 Å². The first-order valence-electron chi connectivity index (χ1n) is 15.5. The van der Waals surface area contributed by atoms with Gasteiger partial charge in [0, 0.05) is 44.0 Å². The molecule has 4 rings (SSSR count). The molecule has 43 heavy (non-hydrogen) atoms. The summed E-state index contributed by atoms with van der Waals surface area (Å²) in [6, 6.07) is 21.3. The van der Waals surface area contributed by atoms with Crippen molar-refractivity contribution in [2.45, 2.75) is 46.6 Å². The lowest BCUT2D eigenvalue weighted by molar-refractivity contribution is 0.0956. The lowest BCUT2D eigenvalue weighted by atomic mass is 10.1. The standard InChI is InChI=1S/C35H46N6O2/c1-5-40(6-2)22-21-39(4)26-29-11-10-12-30(23-29)34(42)37-33-18-17-31(41-19-8-7-9-20-41)24-32(33)35(43)38-36-25-28-15-13-27(3)14-16-28/h10-18,23-25H,5-9,19-22,26H2,1-4H3,(H,37,42)(H,38,43). The quantitative estimate of drug-likeness (QED) is 0.197. The van der Waals surface area contributed by atoms with Crippen LogP contribution in [0, 0.1) is 6.92 Å². The minimum Gasteiger partial charge on any atom is -0.372 e.